The van der Waals surface area contributed by atoms with Gasteiger partial charge in [0, 0.05) is 18.9 Å². The predicted octanol–water partition coefficient (Wildman–Crippen LogP) is 11.7. The highest BCUT2D eigenvalue weighted by atomic mass is 16.4. The maximum Gasteiger partial charge on any atom is 0.303 e. The van der Waals surface area contributed by atoms with E-state index in [0.29, 0.717) is 47.5 Å². The third-order valence-electron chi connectivity index (χ3n) is 14.3. The number of allylic oxidation sites excluding steroid dienone is 2. The highest BCUT2D eigenvalue weighted by Crippen LogP contribution is 2.68. The first-order valence-corrected chi connectivity index (χ1v) is 20.3. The summed E-state index contributed by atoms with van der Waals surface area (Å²) in [6, 6.07) is 0.380. The number of aliphatic carboxylic acids is 1. The van der Waals surface area contributed by atoms with Crippen LogP contribution >= 0.6 is 0 Å². The fourth-order valence-corrected chi connectivity index (χ4v) is 11.6. The Balaban J connectivity index is 1.10. The highest BCUT2D eigenvalue weighted by Gasteiger charge is 2.60. The van der Waals surface area contributed by atoms with Crippen molar-refractivity contribution in [3.05, 3.63) is 12.2 Å². The molecule has 0 heterocycles. The van der Waals surface area contributed by atoms with Gasteiger partial charge in [-0.3, -0.25) is 9.59 Å². The first kappa shape index (κ1) is 37.5. The van der Waals surface area contributed by atoms with Crippen LogP contribution in [0.2, 0.25) is 0 Å². The number of rotatable bonds is 20. The van der Waals surface area contributed by atoms with Gasteiger partial charge in [-0.2, -0.15) is 0 Å². The minimum absolute atomic E-state index is 0.294. The summed E-state index contributed by atoms with van der Waals surface area (Å²) in [4.78, 5) is 24.1. The third-order valence-corrected chi connectivity index (χ3v) is 14.3. The summed E-state index contributed by atoms with van der Waals surface area (Å²) in [6.45, 7) is 9.82. The number of nitrogens with one attached hydrogen (secondary N) is 1. The van der Waals surface area contributed by atoms with Gasteiger partial charge in [-0.25, -0.2) is 0 Å². The molecular formula is C42H73NO3. The minimum atomic E-state index is -0.642. The van der Waals surface area contributed by atoms with E-state index in [0.717, 1.165) is 42.9 Å². The summed E-state index contributed by atoms with van der Waals surface area (Å²) < 4.78 is 0. The van der Waals surface area contributed by atoms with Gasteiger partial charge in [0.15, 0.2) is 0 Å². The molecule has 264 valence electrons. The van der Waals surface area contributed by atoms with E-state index in [9.17, 15) is 14.7 Å². The molecule has 0 spiro atoms. The van der Waals surface area contributed by atoms with E-state index < -0.39 is 5.97 Å². The van der Waals surface area contributed by atoms with E-state index >= 15 is 0 Å². The van der Waals surface area contributed by atoms with E-state index in [2.05, 4.69) is 45.2 Å². The van der Waals surface area contributed by atoms with Crippen LogP contribution in [0.5, 0.6) is 0 Å². The second-order valence-electron chi connectivity index (χ2n) is 17.2. The Morgan fingerprint density at radius 2 is 1.39 bits per heavy atom. The lowest BCUT2D eigenvalue weighted by molar-refractivity contribution is -0.137. The van der Waals surface area contributed by atoms with Gasteiger partial charge >= 0.3 is 5.97 Å². The van der Waals surface area contributed by atoms with Crippen molar-refractivity contribution in [1.82, 2.24) is 5.32 Å². The molecule has 0 aromatic heterocycles. The van der Waals surface area contributed by atoms with Crippen molar-refractivity contribution in [2.75, 3.05) is 0 Å². The SMILES string of the molecule is CCCCCCCC/C=C\CCCCCCCC(=O)N[C@H]1CC[C@@]2(C)C(CCC3C2CC[C@@]2(C)C3CC[C@@H]2[C@H](C)CCC(=O)O)C1. The largest absolute Gasteiger partial charge is 0.481 e. The maximum absolute atomic E-state index is 12.9. The lowest BCUT2D eigenvalue weighted by atomic mass is 9.44. The second-order valence-corrected chi connectivity index (χ2v) is 17.2. The molecule has 46 heavy (non-hydrogen) atoms. The lowest BCUT2D eigenvalue weighted by Crippen LogP contribution is -2.55. The Morgan fingerprint density at radius 1 is 0.761 bits per heavy atom. The monoisotopic (exact) mass is 640 g/mol. The van der Waals surface area contributed by atoms with Crippen LogP contribution in [0.1, 0.15) is 188 Å². The normalized spacial score (nSPS) is 34.5. The number of carbonyl (C=O) groups excluding carboxylic acids is 1. The molecule has 0 aliphatic heterocycles. The third kappa shape index (κ3) is 9.87. The van der Waals surface area contributed by atoms with Crippen molar-refractivity contribution >= 4 is 11.9 Å². The van der Waals surface area contributed by atoms with Crippen LogP contribution in [0.25, 0.3) is 0 Å². The van der Waals surface area contributed by atoms with Gasteiger partial charge in [-0.05, 0) is 143 Å². The summed E-state index contributed by atoms with van der Waals surface area (Å²) in [5.74, 6) is 4.12. The van der Waals surface area contributed by atoms with Crippen LogP contribution < -0.4 is 5.32 Å². The molecule has 0 aromatic rings. The Hall–Kier alpha value is -1.32. The summed E-state index contributed by atoms with van der Waals surface area (Å²) >= 11 is 0. The number of unbranched alkanes of at least 4 members (excludes halogenated alkanes) is 11. The Kier molecular flexibility index (Phi) is 15.0. The van der Waals surface area contributed by atoms with Crippen molar-refractivity contribution in [2.24, 2.45) is 46.3 Å². The summed E-state index contributed by atoms with van der Waals surface area (Å²) in [5, 5.41) is 12.7. The number of hydrogen-bond donors (Lipinski definition) is 2. The molecule has 0 bridgehead atoms. The molecule has 4 rings (SSSR count). The number of hydrogen-bond acceptors (Lipinski definition) is 2. The first-order valence-electron chi connectivity index (χ1n) is 20.3. The van der Waals surface area contributed by atoms with Crippen molar-refractivity contribution in [2.45, 2.75) is 194 Å². The van der Waals surface area contributed by atoms with E-state index in [1.807, 2.05) is 0 Å². The highest BCUT2D eigenvalue weighted by molar-refractivity contribution is 5.76. The van der Waals surface area contributed by atoms with Crippen LogP contribution in [-0.4, -0.2) is 23.0 Å². The maximum atomic E-state index is 12.9. The van der Waals surface area contributed by atoms with Crippen LogP contribution in [0, 0.1) is 46.3 Å². The number of carboxylic acids is 1. The zero-order chi connectivity index (χ0) is 33.0. The van der Waals surface area contributed by atoms with Gasteiger partial charge in [0.1, 0.15) is 0 Å². The molecule has 0 aromatic carbocycles. The molecule has 9 atom stereocenters. The minimum Gasteiger partial charge on any atom is -0.481 e. The predicted molar refractivity (Wildman–Crippen MR) is 193 cm³/mol. The molecule has 4 unspecified atom stereocenters. The zero-order valence-corrected chi connectivity index (χ0v) is 30.6. The Bertz CT molecular complexity index is 961. The van der Waals surface area contributed by atoms with Gasteiger partial charge in [0.2, 0.25) is 5.91 Å². The van der Waals surface area contributed by atoms with Crippen LogP contribution in [-0.2, 0) is 9.59 Å². The number of carbonyl (C=O) groups is 2. The van der Waals surface area contributed by atoms with Gasteiger partial charge in [-0.1, -0.05) is 91.2 Å². The second kappa shape index (κ2) is 18.4. The molecule has 0 radical (unpaired) electrons. The fourth-order valence-electron chi connectivity index (χ4n) is 11.6. The molecule has 0 saturated heterocycles. The molecule has 4 heteroatoms. The number of carboxylic acid groups (broad SMARTS) is 1. The van der Waals surface area contributed by atoms with Gasteiger partial charge < -0.3 is 10.4 Å². The number of fused-ring (bicyclic) bond motifs is 5. The zero-order valence-electron chi connectivity index (χ0n) is 30.6. The van der Waals surface area contributed by atoms with Crippen molar-refractivity contribution in [3.8, 4) is 0 Å². The molecule has 4 fully saturated rings. The van der Waals surface area contributed by atoms with E-state index in [1.54, 1.807) is 0 Å². The Labute approximate surface area is 284 Å². The molecular weight excluding hydrogens is 566 g/mol. The molecule has 2 N–H and O–H groups in total. The topological polar surface area (TPSA) is 66.4 Å². The number of amides is 1. The van der Waals surface area contributed by atoms with Gasteiger partial charge in [-0.15, -0.1) is 0 Å². The van der Waals surface area contributed by atoms with E-state index in [4.69, 9.17) is 0 Å². The van der Waals surface area contributed by atoms with E-state index in [-0.39, 0.29) is 0 Å². The fraction of sp³-hybridized carbons (Fsp3) is 0.905. The molecule has 4 nitrogen and oxygen atoms in total. The first-order chi connectivity index (χ1) is 22.2. The average Bonchev–Trinajstić information content (AvgIpc) is 3.39. The molecule has 4 aliphatic carbocycles. The quantitative estimate of drug-likeness (QED) is 0.103. The summed E-state index contributed by atoms with van der Waals surface area (Å²) in [7, 11) is 0. The molecule has 1 amide bonds. The van der Waals surface area contributed by atoms with Crippen LogP contribution in [0.15, 0.2) is 12.2 Å². The lowest BCUT2D eigenvalue weighted by Gasteiger charge is -2.61. The summed E-state index contributed by atoms with van der Waals surface area (Å²) in [6.07, 6.45) is 35.1. The average molecular weight is 640 g/mol. The molecule has 4 saturated carbocycles. The standard InChI is InChI=1S/C42H73NO3/c1-5-6-7-8-9-10-11-12-13-14-15-16-17-18-19-20-39(44)43-34-27-29-41(3)33(31-34)22-23-35-37-25-24-36(32(2)21-26-40(45)46)42(37,4)30-28-38(35)41/h12-13,32-38H,5-11,14-31H2,1-4H3,(H,43,44)(H,45,46)/b13-12-/t32-,33?,34+,35?,36-,37?,38?,41+,42-/m1/s1. The van der Waals surface area contributed by atoms with Crippen molar-refractivity contribution in [3.63, 3.8) is 0 Å². The van der Waals surface area contributed by atoms with Crippen molar-refractivity contribution in [1.29, 1.82) is 0 Å². The molecule has 4 aliphatic rings. The van der Waals surface area contributed by atoms with Gasteiger partial charge in [0.05, 0.1) is 0 Å². The van der Waals surface area contributed by atoms with Crippen molar-refractivity contribution < 1.29 is 14.7 Å². The Morgan fingerprint density at radius 3 is 2.09 bits per heavy atom. The summed E-state index contributed by atoms with van der Waals surface area (Å²) in [5.41, 5.74) is 0.833. The van der Waals surface area contributed by atoms with Gasteiger partial charge in [0.25, 0.3) is 0 Å². The van der Waals surface area contributed by atoms with Crippen LogP contribution in [0.3, 0.4) is 0 Å². The smallest absolute Gasteiger partial charge is 0.303 e. The van der Waals surface area contributed by atoms with E-state index in [1.165, 1.54) is 128 Å². The van der Waals surface area contributed by atoms with Crippen LogP contribution in [0.4, 0.5) is 0 Å².